The lowest BCUT2D eigenvalue weighted by Crippen LogP contribution is -2.36. The number of anilines is 1. The quantitative estimate of drug-likeness (QED) is 0.543. The van der Waals surface area contributed by atoms with Crippen molar-refractivity contribution in [2.75, 3.05) is 44.9 Å². The summed E-state index contributed by atoms with van der Waals surface area (Å²) in [6, 6.07) is 15.2. The molecule has 2 N–H and O–H groups in total. The van der Waals surface area contributed by atoms with Gasteiger partial charge in [-0.1, -0.05) is 36.4 Å². The van der Waals surface area contributed by atoms with E-state index in [1.54, 1.807) is 19.2 Å². The Balaban J connectivity index is 1.67. The molecule has 2 heterocycles. The fourth-order valence-electron chi connectivity index (χ4n) is 3.79. The third-order valence-electron chi connectivity index (χ3n) is 5.54. The molecule has 8 nitrogen and oxygen atoms in total. The number of aromatic nitrogens is 2. The lowest BCUT2D eigenvalue weighted by atomic mass is 10.0. The lowest BCUT2D eigenvalue weighted by Gasteiger charge is -2.28. The van der Waals surface area contributed by atoms with Crippen LogP contribution in [0.4, 0.5) is 11.5 Å². The zero-order chi connectivity index (χ0) is 23.2. The number of hydrogen-bond donors (Lipinski definition) is 1. The Hall–Kier alpha value is -3.51. The summed E-state index contributed by atoms with van der Waals surface area (Å²) in [5.74, 6) is 2.42. The van der Waals surface area contributed by atoms with E-state index in [0.29, 0.717) is 42.9 Å². The van der Waals surface area contributed by atoms with Gasteiger partial charge in [0.2, 0.25) is 5.88 Å². The largest absolute Gasteiger partial charge is 0.440 e. The molecule has 1 atom stereocenters. The van der Waals surface area contributed by atoms with Crippen LogP contribution < -0.4 is 15.4 Å². The second kappa shape index (κ2) is 10.4. The van der Waals surface area contributed by atoms with Crippen LogP contribution in [0.1, 0.15) is 17.5 Å². The van der Waals surface area contributed by atoms with Crippen LogP contribution in [0.15, 0.2) is 48.5 Å². The van der Waals surface area contributed by atoms with Crippen molar-refractivity contribution >= 4 is 11.5 Å². The van der Waals surface area contributed by atoms with Crippen LogP contribution in [0.2, 0.25) is 0 Å². The van der Waals surface area contributed by atoms with Crippen molar-refractivity contribution in [1.29, 1.82) is 0 Å². The van der Waals surface area contributed by atoms with Gasteiger partial charge in [-0.3, -0.25) is 0 Å². The molecule has 1 aliphatic rings. The summed E-state index contributed by atoms with van der Waals surface area (Å²) in [7, 11) is 1.65. The van der Waals surface area contributed by atoms with Crippen molar-refractivity contribution in [3.05, 3.63) is 71.3 Å². The Kier molecular flexibility index (Phi) is 7.15. The van der Waals surface area contributed by atoms with Crippen molar-refractivity contribution in [3.63, 3.8) is 0 Å². The van der Waals surface area contributed by atoms with E-state index in [4.69, 9.17) is 26.5 Å². The fourth-order valence-corrected chi connectivity index (χ4v) is 3.79. The summed E-state index contributed by atoms with van der Waals surface area (Å²) >= 11 is 0. The highest BCUT2D eigenvalue weighted by Gasteiger charge is 2.17. The van der Waals surface area contributed by atoms with Crippen LogP contribution in [0, 0.1) is 13.5 Å². The molecule has 170 valence electrons. The van der Waals surface area contributed by atoms with E-state index in [1.807, 2.05) is 43.3 Å². The predicted molar refractivity (Wildman–Crippen MR) is 127 cm³/mol. The van der Waals surface area contributed by atoms with Crippen molar-refractivity contribution in [1.82, 2.24) is 9.97 Å². The van der Waals surface area contributed by atoms with Crippen LogP contribution in [0.5, 0.6) is 11.6 Å². The van der Waals surface area contributed by atoms with E-state index in [2.05, 4.69) is 19.7 Å². The Labute approximate surface area is 193 Å². The van der Waals surface area contributed by atoms with Crippen molar-refractivity contribution in [2.45, 2.75) is 13.0 Å². The number of methoxy groups -OCH3 is 1. The smallest absolute Gasteiger partial charge is 0.224 e. The van der Waals surface area contributed by atoms with Gasteiger partial charge in [0, 0.05) is 38.4 Å². The maximum atomic E-state index is 7.41. The zero-order valence-corrected chi connectivity index (χ0v) is 18.8. The molecule has 0 spiro atoms. The van der Waals surface area contributed by atoms with Gasteiger partial charge in [-0.25, -0.2) is 9.83 Å². The lowest BCUT2D eigenvalue weighted by molar-refractivity contribution is 0.110. The minimum atomic E-state index is -0.151. The van der Waals surface area contributed by atoms with E-state index < -0.39 is 0 Å². The molecule has 0 saturated carbocycles. The molecule has 3 aromatic rings. The maximum absolute atomic E-state index is 7.41. The molecule has 2 aromatic carbocycles. The molecule has 0 amide bonds. The molecule has 0 bridgehead atoms. The number of nitrogens with two attached hydrogens (primary N) is 1. The summed E-state index contributed by atoms with van der Waals surface area (Å²) in [6.07, 6.45) is -0.151. The van der Waals surface area contributed by atoms with Crippen LogP contribution in [-0.2, 0) is 9.47 Å². The normalized spacial score (nSPS) is 14.5. The minimum Gasteiger partial charge on any atom is -0.440 e. The summed E-state index contributed by atoms with van der Waals surface area (Å²) < 4.78 is 17.1. The molecule has 8 heteroatoms. The average Bonchev–Trinajstić information content (AvgIpc) is 2.85. The van der Waals surface area contributed by atoms with Gasteiger partial charge >= 0.3 is 0 Å². The van der Waals surface area contributed by atoms with Crippen molar-refractivity contribution in [2.24, 2.45) is 5.73 Å². The topological polar surface area (TPSA) is 87.1 Å². The number of benzene rings is 2. The highest BCUT2D eigenvalue weighted by Crippen LogP contribution is 2.37. The molecule has 1 saturated heterocycles. The molecule has 0 aliphatic carbocycles. The van der Waals surface area contributed by atoms with Crippen LogP contribution in [0.3, 0.4) is 0 Å². The standard InChI is InChI=1S/C25H27N5O3/c1-17-28-24(30-10-12-32-13-11-30)15-25(29-17)33-22-14-20(27-2)8-9-21(22)18-4-6-19(7-5-18)23(16-26)31-3/h4-9,14-15,23H,10-13,16,26H2,1,3H3. The second-order valence-electron chi connectivity index (χ2n) is 7.69. The monoisotopic (exact) mass is 445 g/mol. The van der Waals surface area contributed by atoms with Gasteiger partial charge in [-0.05, 0) is 24.1 Å². The van der Waals surface area contributed by atoms with Crippen LogP contribution in [0.25, 0.3) is 16.0 Å². The predicted octanol–water partition coefficient (Wildman–Crippen LogP) is 4.28. The fraction of sp³-hybridized carbons (Fsp3) is 0.320. The molecule has 4 rings (SSSR count). The summed E-state index contributed by atoms with van der Waals surface area (Å²) in [6.45, 7) is 12.5. The number of rotatable bonds is 7. The summed E-state index contributed by atoms with van der Waals surface area (Å²) in [4.78, 5) is 14.8. The first-order valence-corrected chi connectivity index (χ1v) is 10.8. The molecule has 33 heavy (non-hydrogen) atoms. The molecular formula is C25H27N5O3. The van der Waals surface area contributed by atoms with Gasteiger partial charge in [0.25, 0.3) is 0 Å². The van der Waals surface area contributed by atoms with Crippen LogP contribution in [-0.4, -0.2) is 49.9 Å². The molecule has 1 aliphatic heterocycles. The van der Waals surface area contributed by atoms with Gasteiger partial charge in [-0.15, -0.1) is 0 Å². The minimum absolute atomic E-state index is 0.151. The SMILES string of the molecule is [C-]#[N+]c1ccc(-c2ccc(C(CN)OC)cc2)c(Oc2cc(N3CCOCC3)nc(C)n2)c1. The Morgan fingerprint density at radius 1 is 1.12 bits per heavy atom. The van der Waals surface area contributed by atoms with Gasteiger partial charge in [0.05, 0.1) is 25.9 Å². The molecule has 1 fully saturated rings. The van der Waals surface area contributed by atoms with Crippen LogP contribution >= 0.6 is 0 Å². The average molecular weight is 446 g/mol. The second-order valence-corrected chi connectivity index (χ2v) is 7.69. The number of nitrogens with zero attached hydrogens (tertiary/aromatic N) is 4. The number of aryl methyl sites for hydroxylation is 1. The zero-order valence-electron chi connectivity index (χ0n) is 18.8. The van der Waals surface area contributed by atoms with Gasteiger partial charge in [0.15, 0.2) is 5.69 Å². The number of hydrogen-bond acceptors (Lipinski definition) is 7. The van der Waals surface area contributed by atoms with E-state index in [0.717, 1.165) is 35.6 Å². The Bertz CT molecular complexity index is 1130. The van der Waals surface area contributed by atoms with Crippen molar-refractivity contribution in [3.8, 4) is 22.8 Å². The van der Waals surface area contributed by atoms with E-state index >= 15 is 0 Å². The van der Waals surface area contributed by atoms with Gasteiger partial charge in [-0.2, -0.15) is 4.98 Å². The number of morpholine rings is 1. The van der Waals surface area contributed by atoms with E-state index in [1.165, 1.54) is 0 Å². The number of ether oxygens (including phenoxy) is 3. The highest BCUT2D eigenvalue weighted by atomic mass is 16.5. The van der Waals surface area contributed by atoms with E-state index in [9.17, 15) is 0 Å². The first-order valence-electron chi connectivity index (χ1n) is 10.8. The Morgan fingerprint density at radius 2 is 1.88 bits per heavy atom. The molecule has 0 radical (unpaired) electrons. The first-order chi connectivity index (χ1) is 16.1. The van der Waals surface area contributed by atoms with Gasteiger partial charge in [0.1, 0.15) is 17.4 Å². The van der Waals surface area contributed by atoms with Crippen molar-refractivity contribution < 1.29 is 14.2 Å². The van der Waals surface area contributed by atoms with E-state index in [-0.39, 0.29) is 6.10 Å². The first kappa shape index (κ1) is 22.7. The summed E-state index contributed by atoms with van der Waals surface area (Å²) in [5, 5.41) is 0. The molecule has 1 unspecified atom stereocenters. The summed E-state index contributed by atoms with van der Waals surface area (Å²) in [5.41, 5.74) is 9.10. The third-order valence-corrected chi connectivity index (χ3v) is 5.54. The molecular weight excluding hydrogens is 418 g/mol. The third kappa shape index (κ3) is 5.29. The Morgan fingerprint density at radius 3 is 2.55 bits per heavy atom. The molecule has 1 aromatic heterocycles. The highest BCUT2D eigenvalue weighted by molar-refractivity contribution is 5.74. The maximum Gasteiger partial charge on any atom is 0.224 e. The van der Waals surface area contributed by atoms with Gasteiger partial charge < -0.3 is 24.8 Å².